The van der Waals surface area contributed by atoms with Gasteiger partial charge in [0.15, 0.2) is 17.3 Å². The number of ether oxygens (including phenoxy) is 3. The number of anilines is 2. The number of carbonyl (C=O) groups excluding carboxylic acids is 2. The number of nitrogens with zero attached hydrogens (tertiary/aromatic N) is 1. The van der Waals surface area contributed by atoms with Gasteiger partial charge in [-0.15, -0.1) is 0 Å². The zero-order valence-electron chi connectivity index (χ0n) is 20.9. The molecule has 0 atom stereocenters. The molecule has 9 heteroatoms. The third-order valence-corrected chi connectivity index (χ3v) is 5.72. The number of amides is 1. The Labute approximate surface area is 205 Å². The molecule has 0 saturated heterocycles. The van der Waals surface area contributed by atoms with Crippen LogP contribution in [0.1, 0.15) is 44.0 Å². The van der Waals surface area contributed by atoms with Crippen molar-refractivity contribution in [2.75, 3.05) is 26.6 Å². The number of hydrogen-bond acceptors (Lipinski definition) is 8. The second-order valence-electron chi connectivity index (χ2n) is 9.19. The minimum Gasteiger partial charge on any atom is -0.493 e. The maximum atomic E-state index is 12.8. The molecule has 5 N–H and O–H groups in total. The molecule has 0 spiro atoms. The first-order chi connectivity index (χ1) is 16.5. The molecular formula is C26H32N4O5. The van der Waals surface area contributed by atoms with Crippen LogP contribution >= 0.6 is 0 Å². The smallest absolute Gasteiger partial charge is 0.250 e. The fourth-order valence-electron chi connectivity index (χ4n) is 4.22. The van der Waals surface area contributed by atoms with E-state index in [1.54, 1.807) is 37.3 Å². The number of Topliss-reactive ketones (excluding diaryl/α,β-unsaturated/α-hetero) is 1. The van der Waals surface area contributed by atoms with Gasteiger partial charge in [0.2, 0.25) is 5.75 Å². The molecule has 0 radical (unpaired) electrons. The fourth-order valence-corrected chi connectivity index (χ4v) is 4.22. The minimum atomic E-state index is -0.605. The largest absolute Gasteiger partial charge is 0.493 e. The van der Waals surface area contributed by atoms with E-state index < -0.39 is 5.91 Å². The number of rotatable bonds is 7. The van der Waals surface area contributed by atoms with Crippen LogP contribution in [-0.4, -0.2) is 38.7 Å². The van der Waals surface area contributed by atoms with Crippen molar-refractivity contribution in [2.45, 2.75) is 33.6 Å². The number of methoxy groups -OCH3 is 3. The van der Waals surface area contributed by atoms with E-state index in [-0.39, 0.29) is 16.8 Å². The molecule has 186 valence electrons. The lowest BCUT2D eigenvalue weighted by Gasteiger charge is -2.31. The molecular weight excluding hydrogens is 448 g/mol. The lowest BCUT2D eigenvalue weighted by molar-refractivity contribution is -0.117. The molecule has 35 heavy (non-hydrogen) atoms. The predicted molar refractivity (Wildman–Crippen MR) is 136 cm³/mol. The molecule has 0 heterocycles. The summed E-state index contributed by atoms with van der Waals surface area (Å²) in [7, 11) is 4.55. The Morgan fingerprint density at radius 3 is 2.14 bits per heavy atom. The Morgan fingerprint density at radius 2 is 1.63 bits per heavy atom. The van der Waals surface area contributed by atoms with Gasteiger partial charge in [-0.3, -0.25) is 14.6 Å². The van der Waals surface area contributed by atoms with Gasteiger partial charge in [-0.1, -0.05) is 13.8 Å². The summed E-state index contributed by atoms with van der Waals surface area (Å²) in [6.07, 6.45) is 1.00. The van der Waals surface area contributed by atoms with Gasteiger partial charge in [0.05, 0.1) is 49.6 Å². The SMILES string of the molecule is COc1cc(Nc2cc(N=C3CC(C)(C)CC(=O)C3=C(C)N)ccc2C(N)=O)cc(OC)c1OC. The minimum absolute atomic E-state index is 0.0236. The van der Waals surface area contributed by atoms with E-state index in [0.29, 0.717) is 64.1 Å². The van der Waals surface area contributed by atoms with Crippen molar-refractivity contribution in [2.24, 2.45) is 21.9 Å². The summed E-state index contributed by atoms with van der Waals surface area (Å²) in [5, 5.41) is 3.20. The van der Waals surface area contributed by atoms with Crippen LogP contribution in [0.3, 0.4) is 0 Å². The molecule has 2 aromatic carbocycles. The Morgan fingerprint density at radius 1 is 1.00 bits per heavy atom. The van der Waals surface area contributed by atoms with Crippen molar-refractivity contribution in [3.63, 3.8) is 0 Å². The second kappa shape index (κ2) is 10.1. The van der Waals surface area contributed by atoms with Gasteiger partial charge in [0.1, 0.15) is 0 Å². The Hall–Kier alpha value is -4.01. The van der Waals surface area contributed by atoms with Crippen molar-refractivity contribution in [3.05, 3.63) is 47.2 Å². The number of primary amides is 1. The molecule has 0 unspecified atom stereocenters. The number of aliphatic imine (C=N–C) groups is 1. The lowest BCUT2D eigenvalue weighted by atomic mass is 9.73. The van der Waals surface area contributed by atoms with Crippen molar-refractivity contribution in [1.29, 1.82) is 0 Å². The Balaban J connectivity index is 2.10. The summed E-state index contributed by atoms with van der Waals surface area (Å²) in [6.45, 7) is 5.75. The number of nitrogens with one attached hydrogen (secondary N) is 1. The highest BCUT2D eigenvalue weighted by molar-refractivity contribution is 6.25. The number of benzene rings is 2. The van der Waals surface area contributed by atoms with Crippen molar-refractivity contribution < 1.29 is 23.8 Å². The summed E-state index contributed by atoms with van der Waals surface area (Å²) in [6, 6.07) is 8.41. The van der Waals surface area contributed by atoms with E-state index in [4.69, 9.17) is 30.7 Å². The number of ketones is 1. The molecule has 0 aromatic heterocycles. The lowest BCUT2D eigenvalue weighted by Crippen LogP contribution is -2.33. The standard InChI is InChI=1S/C26H32N4O5/c1-14(27)23-19(12-26(2,3)13-20(23)31)29-15-7-8-17(25(28)32)18(9-15)30-16-10-21(33-4)24(35-6)22(11-16)34-5/h7-11,30H,12-13,27H2,1-6H3,(H2,28,32). The fraction of sp³-hybridized carbons (Fsp3) is 0.346. The summed E-state index contributed by atoms with van der Waals surface area (Å²) < 4.78 is 16.2. The van der Waals surface area contributed by atoms with Crippen molar-refractivity contribution >= 4 is 34.5 Å². The van der Waals surface area contributed by atoms with Crippen LogP contribution in [0.4, 0.5) is 17.1 Å². The summed E-state index contributed by atoms with van der Waals surface area (Å²) in [5.41, 5.74) is 14.8. The average molecular weight is 481 g/mol. The van der Waals surface area contributed by atoms with E-state index in [1.807, 2.05) is 13.8 Å². The molecule has 9 nitrogen and oxygen atoms in total. The zero-order valence-corrected chi connectivity index (χ0v) is 20.9. The van der Waals surface area contributed by atoms with Crippen molar-refractivity contribution in [3.8, 4) is 17.2 Å². The number of carbonyl (C=O) groups is 2. The second-order valence-corrected chi connectivity index (χ2v) is 9.19. The van der Waals surface area contributed by atoms with Crippen LogP contribution in [0.2, 0.25) is 0 Å². The molecule has 1 amide bonds. The van der Waals surface area contributed by atoms with Crippen LogP contribution in [0, 0.1) is 5.41 Å². The Kier molecular flexibility index (Phi) is 7.38. The molecule has 1 saturated carbocycles. The first kappa shape index (κ1) is 25.6. The molecule has 0 aliphatic heterocycles. The first-order valence-electron chi connectivity index (χ1n) is 11.1. The van der Waals surface area contributed by atoms with E-state index in [9.17, 15) is 9.59 Å². The number of nitrogens with two attached hydrogens (primary N) is 2. The van der Waals surface area contributed by atoms with Gasteiger partial charge >= 0.3 is 0 Å². The molecule has 0 bridgehead atoms. The summed E-state index contributed by atoms with van der Waals surface area (Å²) in [5.74, 6) is 0.706. The van der Waals surface area contributed by atoms with Gasteiger partial charge in [0.25, 0.3) is 5.91 Å². The van der Waals surface area contributed by atoms with E-state index in [0.717, 1.165) is 0 Å². The topological polar surface area (TPSA) is 138 Å². The maximum absolute atomic E-state index is 12.8. The van der Waals surface area contributed by atoms with Crippen LogP contribution in [-0.2, 0) is 4.79 Å². The zero-order chi connectivity index (χ0) is 25.9. The van der Waals surface area contributed by atoms with Crippen LogP contribution in [0.25, 0.3) is 0 Å². The normalized spacial score (nSPS) is 17.7. The maximum Gasteiger partial charge on any atom is 0.250 e. The number of allylic oxidation sites excluding steroid dienone is 2. The predicted octanol–water partition coefficient (Wildman–Crippen LogP) is 4.25. The van der Waals surface area contributed by atoms with E-state index in [2.05, 4.69) is 5.32 Å². The first-order valence-corrected chi connectivity index (χ1v) is 11.1. The van der Waals surface area contributed by atoms with Gasteiger partial charge in [-0.2, -0.15) is 0 Å². The molecule has 1 aliphatic rings. The quantitative estimate of drug-likeness (QED) is 0.504. The van der Waals surface area contributed by atoms with E-state index >= 15 is 0 Å². The average Bonchev–Trinajstić information content (AvgIpc) is 2.76. The Bertz CT molecular complexity index is 1200. The third-order valence-electron chi connectivity index (χ3n) is 5.72. The van der Waals surface area contributed by atoms with Gasteiger partial charge in [-0.25, -0.2) is 0 Å². The van der Waals surface area contributed by atoms with Crippen molar-refractivity contribution in [1.82, 2.24) is 0 Å². The van der Waals surface area contributed by atoms with Gasteiger partial charge in [-0.05, 0) is 37.0 Å². The van der Waals surface area contributed by atoms with Crippen LogP contribution in [0.15, 0.2) is 46.6 Å². The van der Waals surface area contributed by atoms with Gasteiger partial charge in [0, 0.05) is 29.9 Å². The summed E-state index contributed by atoms with van der Waals surface area (Å²) >= 11 is 0. The monoisotopic (exact) mass is 480 g/mol. The highest BCUT2D eigenvalue weighted by Gasteiger charge is 2.35. The van der Waals surface area contributed by atoms with E-state index in [1.165, 1.54) is 21.3 Å². The van der Waals surface area contributed by atoms with Crippen LogP contribution < -0.4 is 31.0 Å². The molecule has 1 aliphatic carbocycles. The molecule has 1 fully saturated rings. The molecule has 3 rings (SSSR count). The highest BCUT2D eigenvalue weighted by Crippen LogP contribution is 2.41. The summed E-state index contributed by atoms with van der Waals surface area (Å²) in [4.78, 5) is 29.6. The molecule has 2 aromatic rings. The number of hydrogen-bond donors (Lipinski definition) is 3. The third kappa shape index (κ3) is 5.56. The van der Waals surface area contributed by atoms with Gasteiger partial charge < -0.3 is 31.0 Å². The highest BCUT2D eigenvalue weighted by atomic mass is 16.5. The van der Waals surface area contributed by atoms with Crippen LogP contribution in [0.5, 0.6) is 17.2 Å².